The number of aromatic nitrogens is 2. The number of carbonyl (C=O) groups excluding carboxylic acids is 2. The molecule has 216 valence electrons. The van der Waals surface area contributed by atoms with Crippen LogP contribution in [0.1, 0.15) is 47.1 Å². The normalized spacial score (nSPS) is 12.0. The molecule has 0 aliphatic heterocycles. The summed E-state index contributed by atoms with van der Waals surface area (Å²) < 4.78 is 19.5. The summed E-state index contributed by atoms with van der Waals surface area (Å²) >= 11 is 0. The highest BCUT2D eigenvalue weighted by Crippen LogP contribution is 2.37. The summed E-state index contributed by atoms with van der Waals surface area (Å²) in [6.07, 6.45) is 3.65. The fraction of sp³-hybridized carbons (Fsp3) is 0.273. The van der Waals surface area contributed by atoms with E-state index in [2.05, 4.69) is 4.98 Å². The number of rotatable bonds is 4. The smallest absolute Gasteiger partial charge is 0.425 e. The minimum absolute atomic E-state index is 0.0973. The number of nitrogens with zero attached hydrogens (tertiary/aromatic N) is 3. The number of amides is 2. The summed E-state index contributed by atoms with van der Waals surface area (Å²) in [7, 11) is 0. The van der Waals surface area contributed by atoms with E-state index in [1.165, 1.54) is 0 Å². The molecule has 3 aromatic heterocycles. The molecule has 0 fully saturated rings. The van der Waals surface area contributed by atoms with Gasteiger partial charge in [-0.05, 0) is 65.1 Å². The summed E-state index contributed by atoms with van der Waals surface area (Å²) in [4.78, 5) is 32.4. The Bertz CT molecular complexity index is 1720. The van der Waals surface area contributed by atoms with Crippen LogP contribution in [0.4, 0.5) is 21.1 Å². The van der Waals surface area contributed by atoms with Gasteiger partial charge in [-0.3, -0.25) is 0 Å². The van der Waals surface area contributed by atoms with Crippen molar-refractivity contribution < 1.29 is 28.0 Å². The molecule has 9 heteroatoms. The van der Waals surface area contributed by atoms with Gasteiger partial charge < -0.3 is 19.6 Å². The Balaban J connectivity index is 1.70. The van der Waals surface area contributed by atoms with E-state index in [-0.39, 0.29) is 5.82 Å². The molecule has 0 radical (unpaired) electrons. The molecule has 9 nitrogen and oxygen atoms in total. The number of nitrogens with two attached hydrogens (primary N) is 1. The van der Waals surface area contributed by atoms with Crippen molar-refractivity contribution in [1.82, 2.24) is 4.98 Å². The van der Waals surface area contributed by atoms with Crippen LogP contribution in [0, 0.1) is 0 Å². The van der Waals surface area contributed by atoms with Crippen molar-refractivity contribution in [2.45, 2.75) is 59.3 Å². The van der Waals surface area contributed by atoms with Crippen molar-refractivity contribution in [1.29, 1.82) is 0 Å². The second-order valence-corrected chi connectivity index (χ2v) is 12.1. The number of pyridine rings is 2. The lowest BCUT2D eigenvalue weighted by atomic mass is 10.0. The van der Waals surface area contributed by atoms with E-state index in [0.29, 0.717) is 28.9 Å². The van der Waals surface area contributed by atoms with Gasteiger partial charge in [0.05, 0.1) is 0 Å². The van der Waals surface area contributed by atoms with Gasteiger partial charge in [-0.15, -0.1) is 0 Å². The lowest BCUT2D eigenvalue weighted by Crippen LogP contribution is -2.44. The van der Waals surface area contributed by atoms with Gasteiger partial charge >= 0.3 is 12.2 Å². The maximum Gasteiger partial charge on any atom is 0.425 e. The van der Waals surface area contributed by atoms with Gasteiger partial charge in [0.1, 0.15) is 22.5 Å². The van der Waals surface area contributed by atoms with Crippen LogP contribution in [0.15, 0.2) is 83.7 Å². The molecule has 0 unspecified atom stereocenters. The average molecular weight is 568 g/mol. The molecule has 0 aliphatic carbocycles. The second kappa shape index (κ2) is 10.8. The van der Waals surface area contributed by atoms with Crippen LogP contribution < -0.4 is 15.2 Å². The van der Waals surface area contributed by atoms with Crippen LogP contribution in [0.3, 0.4) is 0 Å². The number of carbonyl (C=O) groups is 2. The predicted molar refractivity (Wildman–Crippen MR) is 162 cm³/mol. The minimum Gasteiger partial charge on any atom is -0.456 e. The maximum atomic E-state index is 13.5. The summed E-state index contributed by atoms with van der Waals surface area (Å²) in [5.41, 5.74) is 7.26. The molecule has 2 N–H and O–H groups in total. The van der Waals surface area contributed by atoms with Gasteiger partial charge in [0, 0.05) is 45.9 Å². The molecular weight excluding hydrogens is 532 g/mol. The zero-order valence-corrected chi connectivity index (χ0v) is 24.7. The van der Waals surface area contributed by atoms with Crippen molar-refractivity contribution in [3.63, 3.8) is 0 Å². The molecule has 0 bridgehead atoms. The van der Waals surface area contributed by atoms with Crippen LogP contribution in [0.25, 0.3) is 33.1 Å². The highest BCUT2D eigenvalue weighted by atomic mass is 16.6. The lowest BCUT2D eigenvalue weighted by molar-refractivity contribution is -0.688. The molecule has 0 spiro atoms. The van der Waals surface area contributed by atoms with Gasteiger partial charge in [-0.2, -0.15) is 4.90 Å². The van der Waals surface area contributed by atoms with E-state index in [0.717, 1.165) is 26.8 Å². The lowest BCUT2D eigenvalue weighted by Gasteiger charge is -2.28. The van der Waals surface area contributed by atoms with Gasteiger partial charge in [-0.25, -0.2) is 19.1 Å². The van der Waals surface area contributed by atoms with Crippen LogP contribution >= 0.6 is 0 Å². The number of anilines is 2. The van der Waals surface area contributed by atoms with Gasteiger partial charge in [-0.1, -0.05) is 30.3 Å². The summed E-state index contributed by atoms with van der Waals surface area (Å²) in [5.74, 6) is 0.707. The van der Waals surface area contributed by atoms with Crippen molar-refractivity contribution in [2.24, 2.45) is 0 Å². The first-order chi connectivity index (χ1) is 19.8. The number of furan rings is 1. The SMILES string of the molecule is CC(C)(C)OC(=O)N(C(=O)OC(C)(C)C)c1ncc(-c2cc3ccccc3o2)c2cc(C[n+]3ccc(N)cc3)ccc12. The number of hydrogen-bond donors (Lipinski definition) is 1. The molecule has 42 heavy (non-hydrogen) atoms. The highest BCUT2D eigenvalue weighted by Gasteiger charge is 2.35. The molecule has 5 aromatic rings. The summed E-state index contributed by atoms with van der Waals surface area (Å²) in [6.45, 7) is 11.0. The average Bonchev–Trinajstić information content (AvgIpc) is 3.32. The van der Waals surface area contributed by atoms with E-state index >= 15 is 0 Å². The molecule has 3 heterocycles. The van der Waals surface area contributed by atoms with Crippen molar-refractivity contribution in [2.75, 3.05) is 10.6 Å². The monoisotopic (exact) mass is 567 g/mol. The Morgan fingerprint density at radius 1 is 0.881 bits per heavy atom. The molecule has 0 saturated heterocycles. The van der Waals surface area contributed by atoms with Crippen LogP contribution in [-0.2, 0) is 16.0 Å². The summed E-state index contributed by atoms with van der Waals surface area (Å²) in [5, 5.41) is 2.24. The van der Waals surface area contributed by atoms with E-state index < -0.39 is 23.4 Å². The molecule has 0 atom stereocenters. The highest BCUT2D eigenvalue weighted by molar-refractivity contribution is 6.15. The molecular formula is C33H35N4O5+. The van der Waals surface area contributed by atoms with E-state index in [1.807, 2.05) is 77.6 Å². The molecule has 0 saturated carbocycles. The standard InChI is InChI=1S/C33H34N4O5/c1-32(2,3)41-30(38)37(31(39)42-33(4,5)6)29-24-12-11-21(20-36-15-13-23(34)14-16-36)17-25(24)26(19-35-29)28-18-22-9-7-8-10-27(22)40-28/h7-19,34H,20H2,1-6H3/p+1. The first kappa shape index (κ1) is 28.6. The molecule has 2 aromatic carbocycles. The molecule has 2 amide bonds. The first-order valence-electron chi connectivity index (χ1n) is 13.7. The Kier molecular flexibility index (Phi) is 7.36. The van der Waals surface area contributed by atoms with E-state index in [4.69, 9.17) is 19.6 Å². The van der Waals surface area contributed by atoms with E-state index in [9.17, 15) is 9.59 Å². The Morgan fingerprint density at radius 2 is 1.52 bits per heavy atom. The zero-order valence-electron chi connectivity index (χ0n) is 24.7. The number of benzene rings is 2. The Morgan fingerprint density at radius 3 is 2.14 bits per heavy atom. The van der Waals surface area contributed by atoms with Crippen LogP contribution in [-0.4, -0.2) is 28.4 Å². The first-order valence-corrected chi connectivity index (χ1v) is 13.7. The quantitative estimate of drug-likeness (QED) is 0.228. The summed E-state index contributed by atoms with van der Waals surface area (Å²) in [6, 6.07) is 19.1. The fourth-order valence-corrected chi connectivity index (χ4v) is 4.51. The number of para-hydroxylation sites is 1. The second-order valence-electron chi connectivity index (χ2n) is 12.1. The van der Waals surface area contributed by atoms with Crippen molar-refractivity contribution in [3.8, 4) is 11.3 Å². The topological polar surface area (TPSA) is 112 Å². The number of imide groups is 1. The van der Waals surface area contributed by atoms with E-state index in [1.54, 1.807) is 47.7 Å². The Hall–Kier alpha value is -4.92. The maximum absolute atomic E-state index is 13.5. The van der Waals surface area contributed by atoms with Crippen molar-refractivity contribution in [3.05, 3.63) is 84.8 Å². The van der Waals surface area contributed by atoms with Crippen LogP contribution in [0.2, 0.25) is 0 Å². The van der Waals surface area contributed by atoms with Crippen LogP contribution in [0.5, 0.6) is 0 Å². The van der Waals surface area contributed by atoms with Crippen molar-refractivity contribution >= 4 is 45.4 Å². The third kappa shape index (κ3) is 6.35. The minimum atomic E-state index is -0.886. The third-order valence-electron chi connectivity index (χ3n) is 6.27. The van der Waals surface area contributed by atoms with Gasteiger partial charge in [0.2, 0.25) is 0 Å². The number of ether oxygens (including phenoxy) is 2. The van der Waals surface area contributed by atoms with Gasteiger partial charge in [0.25, 0.3) is 0 Å². The number of nitrogen functional groups attached to an aromatic ring is 1. The molecule has 0 aliphatic rings. The van der Waals surface area contributed by atoms with Gasteiger partial charge in [0.15, 0.2) is 24.8 Å². The largest absolute Gasteiger partial charge is 0.456 e. The zero-order chi connectivity index (χ0) is 30.2. The molecule has 5 rings (SSSR count). The number of fused-ring (bicyclic) bond motifs is 2. The third-order valence-corrected chi connectivity index (χ3v) is 6.27. The Labute approximate surface area is 244 Å². The predicted octanol–water partition coefficient (Wildman–Crippen LogP) is 7.24. The number of hydrogen-bond acceptors (Lipinski definition) is 7. The fourth-order valence-electron chi connectivity index (χ4n) is 4.51.